The summed E-state index contributed by atoms with van der Waals surface area (Å²) in [5, 5.41) is 34.6. The SMILES string of the molecule is CCN(CC)c1cc(Nc2nc(Nc3cc(N(CC)CC)c(OC)cc3N=Nc3cc(S(=O)(=O)O)ccc3OC)nc(SCCO)n2)c(N=Nc2ccccc2OC)cc1OC. The van der Waals surface area contributed by atoms with Crippen molar-refractivity contribution in [3.05, 3.63) is 66.7 Å². The lowest BCUT2D eigenvalue weighted by atomic mass is 10.2. The average Bonchev–Trinajstić information content (AvgIpc) is 3.28. The quantitative estimate of drug-likeness (QED) is 0.0288. The first-order valence-electron chi connectivity index (χ1n) is 19.5. The molecule has 0 saturated heterocycles. The first-order chi connectivity index (χ1) is 29.9. The van der Waals surface area contributed by atoms with Crippen LogP contribution in [0.3, 0.4) is 0 Å². The zero-order valence-corrected chi connectivity index (χ0v) is 37.4. The summed E-state index contributed by atoms with van der Waals surface area (Å²) in [6.45, 7) is 10.7. The van der Waals surface area contributed by atoms with Crippen LogP contribution in [0, 0.1) is 0 Å². The molecule has 0 unspecified atom stereocenters. The lowest BCUT2D eigenvalue weighted by Crippen LogP contribution is -2.22. The van der Waals surface area contributed by atoms with Crippen LogP contribution in [0.5, 0.6) is 23.0 Å². The number of anilines is 6. The number of para-hydroxylation sites is 1. The fraction of sp³-hybridized carbons (Fsp3) is 0.341. The molecule has 5 aromatic rings. The largest absolute Gasteiger partial charge is 0.494 e. The molecule has 4 N–H and O–H groups in total. The van der Waals surface area contributed by atoms with Crippen LogP contribution in [0.15, 0.2) is 97.2 Å². The molecule has 0 amide bonds. The molecule has 0 aliphatic carbocycles. The van der Waals surface area contributed by atoms with Gasteiger partial charge in [-0.2, -0.15) is 23.4 Å². The van der Waals surface area contributed by atoms with Crippen molar-refractivity contribution in [1.82, 2.24) is 15.0 Å². The van der Waals surface area contributed by atoms with Gasteiger partial charge in [0.25, 0.3) is 10.1 Å². The van der Waals surface area contributed by atoms with E-state index in [9.17, 15) is 18.1 Å². The highest BCUT2D eigenvalue weighted by atomic mass is 32.2. The number of hydrogen-bond donors (Lipinski definition) is 4. The summed E-state index contributed by atoms with van der Waals surface area (Å²) in [4.78, 5) is 18.0. The highest BCUT2D eigenvalue weighted by Gasteiger charge is 2.20. The summed E-state index contributed by atoms with van der Waals surface area (Å²) < 4.78 is 56.2. The van der Waals surface area contributed by atoms with E-state index in [1.807, 2.05) is 52.0 Å². The van der Waals surface area contributed by atoms with Gasteiger partial charge in [-0.3, -0.25) is 4.55 Å². The Morgan fingerprint density at radius 3 is 1.55 bits per heavy atom. The van der Waals surface area contributed by atoms with Gasteiger partial charge in [0.2, 0.25) is 11.9 Å². The summed E-state index contributed by atoms with van der Waals surface area (Å²) in [7, 11) is 1.54. The number of thioether (sulfide) groups is 1. The van der Waals surface area contributed by atoms with E-state index in [2.05, 4.69) is 50.9 Å². The van der Waals surface area contributed by atoms with Crippen molar-refractivity contribution >= 4 is 79.3 Å². The molecule has 0 saturated carbocycles. The number of hydrogen-bond acceptors (Lipinski definition) is 19. The highest BCUT2D eigenvalue weighted by Crippen LogP contribution is 2.43. The van der Waals surface area contributed by atoms with E-state index in [4.69, 9.17) is 23.9 Å². The molecule has 0 radical (unpaired) electrons. The third-order valence-corrected chi connectivity index (χ3v) is 11.0. The molecule has 1 aromatic heterocycles. The number of benzene rings is 4. The lowest BCUT2D eigenvalue weighted by Gasteiger charge is -2.25. The van der Waals surface area contributed by atoms with E-state index >= 15 is 0 Å². The van der Waals surface area contributed by atoms with Crippen LogP contribution in [0.2, 0.25) is 0 Å². The van der Waals surface area contributed by atoms with Gasteiger partial charge < -0.3 is 44.5 Å². The summed E-state index contributed by atoms with van der Waals surface area (Å²) >= 11 is 1.22. The van der Waals surface area contributed by atoms with E-state index in [0.717, 1.165) is 17.4 Å². The number of aromatic nitrogens is 3. The summed E-state index contributed by atoms with van der Waals surface area (Å²) in [5.41, 5.74) is 3.67. The van der Waals surface area contributed by atoms with Crippen LogP contribution in [0.25, 0.3) is 0 Å². The number of azo groups is 2. The molecule has 21 heteroatoms. The molecule has 4 aromatic carbocycles. The van der Waals surface area contributed by atoms with Gasteiger partial charge in [-0.25, -0.2) is 0 Å². The van der Waals surface area contributed by atoms with Crippen LogP contribution < -0.4 is 39.4 Å². The minimum Gasteiger partial charge on any atom is -0.494 e. The predicted molar refractivity (Wildman–Crippen MR) is 241 cm³/mol. The highest BCUT2D eigenvalue weighted by molar-refractivity contribution is 7.99. The summed E-state index contributed by atoms with van der Waals surface area (Å²) in [6.07, 6.45) is 0. The van der Waals surface area contributed by atoms with Crippen LogP contribution in [0.4, 0.5) is 57.4 Å². The summed E-state index contributed by atoms with van der Waals surface area (Å²) in [6, 6.07) is 18.1. The van der Waals surface area contributed by atoms with Crippen molar-refractivity contribution in [3.8, 4) is 23.0 Å². The van der Waals surface area contributed by atoms with Gasteiger partial charge in [0.05, 0.1) is 62.7 Å². The van der Waals surface area contributed by atoms with Crippen molar-refractivity contribution in [1.29, 1.82) is 0 Å². The second-order valence-corrected chi connectivity index (χ2v) is 15.4. The van der Waals surface area contributed by atoms with Gasteiger partial charge in [-0.05, 0) is 70.2 Å². The molecule has 0 atom stereocenters. The van der Waals surface area contributed by atoms with Crippen LogP contribution in [0.1, 0.15) is 27.7 Å². The monoisotopic (exact) mass is 889 g/mol. The lowest BCUT2D eigenvalue weighted by molar-refractivity contribution is 0.322. The Morgan fingerprint density at radius 1 is 0.613 bits per heavy atom. The Morgan fingerprint density at radius 2 is 1.08 bits per heavy atom. The maximum atomic E-state index is 12.0. The van der Waals surface area contributed by atoms with Crippen molar-refractivity contribution in [3.63, 3.8) is 0 Å². The molecule has 0 spiro atoms. The van der Waals surface area contributed by atoms with Crippen molar-refractivity contribution in [2.75, 3.05) is 87.4 Å². The second kappa shape index (κ2) is 22.0. The minimum absolute atomic E-state index is 0.0388. The third kappa shape index (κ3) is 11.5. The van der Waals surface area contributed by atoms with E-state index in [1.54, 1.807) is 45.6 Å². The number of aliphatic hydroxyl groups excluding tert-OH is 1. The van der Waals surface area contributed by atoms with Crippen molar-refractivity contribution in [2.45, 2.75) is 37.7 Å². The van der Waals surface area contributed by atoms with E-state index in [-0.39, 0.29) is 40.5 Å². The van der Waals surface area contributed by atoms with Crippen molar-refractivity contribution < 1.29 is 37.0 Å². The van der Waals surface area contributed by atoms with Gasteiger partial charge in [0.15, 0.2) is 5.16 Å². The number of methoxy groups -OCH3 is 4. The third-order valence-electron chi connectivity index (χ3n) is 9.30. The van der Waals surface area contributed by atoms with Gasteiger partial charge in [0, 0.05) is 44.1 Å². The Balaban J connectivity index is 1.67. The number of nitrogens with one attached hydrogen (secondary N) is 2. The fourth-order valence-electron chi connectivity index (χ4n) is 6.18. The molecule has 0 aliphatic heterocycles. The smallest absolute Gasteiger partial charge is 0.294 e. The van der Waals surface area contributed by atoms with Crippen LogP contribution >= 0.6 is 11.8 Å². The first kappa shape index (κ1) is 46.8. The Kier molecular flexibility index (Phi) is 16.6. The molecule has 19 nitrogen and oxygen atoms in total. The molecule has 5 rings (SSSR count). The van der Waals surface area contributed by atoms with E-state index < -0.39 is 10.1 Å². The molecule has 1 heterocycles. The maximum absolute atomic E-state index is 12.0. The fourth-order valence-corrected chi connectivity index (χ4v) is 7.25. The minimum atomic E-state index is -4.55. The second-order valence-electron chi connectivity index (χ2n) is 12.9. The normalized spacial score (nSPS) is 11.5. The number of rotatable bonds is 22. The average molecular weight is 890 g/mol. The summed E-state index contributed by atoms with van der Waals surface area (Å²) in [5.74, 6) is 2.37. The van der Waals surface area contributed by atoms with Gasteiger partial charge in [0.1, 0.15) is 45.7 Å². The van der Waals surface area contributed by atoms with Crippen molar-refractivity contribution in [2.24, 2.45) is 20.5 Å². The maximum Gasteiger partial charge on any atom is 0.294 e. The Bertz CT molecular complexity index is 2480. The van der Waals surface area contributed by atoms with Crippen LogP contribution in [-0.4, -0.2) is 100 Å². The van der Waals surface area contributed by atoms with E-state index in [1.165, 1.54) is 31.0 Å². The first-order valence-corrected chi connectivity index (χ1v) is 22.0. The van der Waals surface area contributed by atoms with Gasteiger partial charge in [-0.15, -0.1) is 20.5 Å². The molecule has 62 heavy (non-hydrogen) atoms. The Labute approximate surface area is 365 Å². The molecule has 0 fully saturated rings. The van der Waals surface area contributed by atoms with Crippen LogP contribution in [-0.2, 0) is 10.1 Å². The molecule has 330 valence electrons. The molecule has 0 aliphatic rings. The zero-order chi connectivity index (χ0) is 44.8. The predicted octanol–water partition coefficient (Wildman–Crippen LogP) is 9.25. The number of nitrogens with zero attached hydrogens (tertiary/aromatic N) is 9. The topological polar surface area (TPSA) is 230 Å². The molecular formula is C41H51N11O8S2. The van der Waals surface area contributed by atoms with Gasteiger partial charge >= 0.3 is 0 Å². The number of aliphatic hydroxyl groups is 1. The van der Waals surface area contributed by atoms with Gasteiger partial charge in [-0.1, -0.05) is 23.9 Å². The molecule has 0 bridgehead atoms. The standard InChI is InChI=1S/C41H51N11O8S2/c1-9-51(10-2)33-22-28(30(24-37(33)59-7)48-47-27-15-13-14-16-35(27)57-5)42-39-44-40(46-41(45-39)61-20-19-53)43-29-23-34(52(11-3)12-4)38(60-8)25-31(29)49-50-32-21-26(62(54,55)56)17-18-36(32)58-6/h13-18,21-25,53H,9-12,19-20H2,1-8H3,(H,54,55,56)(H2,42,43,44,45,46). The number of ether oxygens (including phenoxy) is 4. The van der Waals surface area contributed by atoms with E-state index in [0.29, 0.717) is 77.1 Å². The Hall–Kier alpha value is -6.29. The molecular weight excluding hydrogens is 839 g/mol. The zero-order valence-electron chi connectivity index (χ0n) is 35.8.